The summed E-state index contributed by atoms with van der Waals surface area (Å²) in [6.45, 7) is 1.14. The second-order valence-electron chi connectivity index (χ2n) is 6.18. The van der Waals surface area contributed by atoms with Crippen molar-refractivity contribution in [1.82, 2.24) is 4.90 Å². The van der Waals surface area contributed by atoms with E-state index < -0.39 is 23.0 Å². The molecule has 1 amide bonds. The predicted molar refractivity (Wildman–Crippen MR) is 75.6 cm³/mol. The summed E-state index contributed by atoms with van der Waals surface area (Å²) in [4.78, 5) is 25.6. The summed E-state index contributed by atoms with van der Waals surface area (Å²) >= 11 is 0. The zero-order chi connectivity index (χ0) is 16.6. The quantitative estimate of drug-likeness (QED) is 0.914. The van der Waals surface area contributed by atoms with Gasteiger partial charge in [0.1, 0.15) is 0 Å². The highest BCUT2D eigenvalue weighted by atomic mass is 19.2. The normalized spacial score (nSPS) is 26.9. The van der Waals surface area contributed by atoms with Crippen LogP contribution in [0.4, 0.5) is 8.78 Å². The van der Waals surface area contributed by atoms with Crippen LogP contribution in [0.5, 0.6) is 0 Å². The van der Waals surface area contributed by atoms with Gasteiger partial charge in [-0.15, -0.1) is 0 Å². The van der Waals surface area contributed by atoms with Crippen LogP contribution in [-0.2, 0) is 20.7 Å². The standard InChI is InChI=1S/C16H17F2NO4/c17-12-2-1-10(5-13(12)18)6-14(20)19-7-11-8-23-4-3-16(11,9-19)15(21)22/h1-2,5,11H,3-4,6-9H2,(H,21,22)/t11-,16+/m0/s1. The maximum Gasteiger partial charge on any atom is 0.311 e. The Labute approximate surface area is 131 Å². The number of ether oxygens (including phenoxy) is 1. The first-order chi connectivity index (χ1) is 10.9. The van der Waals surface area contributed by atoms with Crippen LogP contribution in [0.25, 0.3) is 0 Å². The second-order valence-corrected chi connectivity index (χ2v) is 6.18. The number of amides is 1. The molecule has 5 nitrogen and oxygen atoms in total. The number of likely N-dealkylation sites (tertiary alicyclic amines) is 1. The van der Waals surface area contributed by atoms with Crippen molar-refractivity contribution in [2.45, 2.75) is 12.8 Å². The molecular weight excluding hydrogens is 308 g/mol. The van der Waals surface area contributed by atoms with Gasteiger partial charge in [0.05, 0.1) is 18.4 Å². The molecule has 2 aliphatic rings. The molecule has 0 radical (unpaired) electrons. The third kappa shape index (κ3) is 2.81. The average Bonchev–Trinajstić information content (AvgIpc) is 2.92. The van der Waals surface area contributed by atoms with E-state index in [1.807, 2.05) is 0 Å². The minimum atomic E-state index is -0.999. The SMILES string of the molecule is O=C(Cc1ccc(F)c(F)c1)N1C[C@H]2COCC[C@@]2(C(=O)O)C1. The predicted octanol–water partition coefficient (Wildman–Crippen LogP) is 1.46. The zero-order valence-electron chi connectivity index (χ0n) is 12.4. The Morgan fingerprint density at radius 1 is 1.35 bits per heavy atom. The minimum absolute atomic E-state index is 0.0829. The van der Waals surface area contributed by atoms with Gasteiger partial charge in [-0.1, -0.05) is 6.07 Å². The molecule has 2 heterocycles. The van der Waals surface area contributed by atoms with Crippen molar-refractivity contribution in [3.8, 4) is 0 Å². The van der Waals surface area contributed by atoms with Crippen LogP contribution >= 0.6 is 0 Å². The maximum atomic E-state index is 13.2. The molecule has 0 bridgehead atoms. The van der Waals surface area contributed by atoms with E-state index >= 15 is 0 Å². The van der Waals surface area contributed by atoms with E-state index in [2.05, 4.69) is 0 Å². The van der Waals surface area contributed by atoms with Gasteiger partial charge >= 0.3 is 5.97 Å². The van der Waals surface area contributed by atoms with Crippen LogP contribution in [0.15, 0.2) is 18.2 Å². The summed E-state index contributed by atoms with van der Waals surface area (Å²) in [6.07, 6.45) is 0.294. The molecule has 1 aromatic carbocycles. The smallest absolute Gasteiger partial charge is 0.311 e. The Hall–Kier alpha value is -2.02. The fourth-order valence-corrected chi connectivity index (χ4v) is 3.43. The zero-order valence-corrected chi connectivity index (χ0v) is 12.4. The number of hydrogen-bond acceptors (Lipinski definition) is 3. The van der Waals surface area contributed by atoms with E-state index in [4.69, 9.17) is 4.74 Å². The lowest BCUT2D eigenvalue weighted by atomic mass is 9.74. The Morgan fingerprint density at radius 2 is 2.13 bits per heavy atom. The second kappa shape index (κ2) is 5.88. The summed E-state index contributed by atoms with van der Waals surface area (Å²) in [5.74, 6) is -3.39. The van der Waals surface area contributed by atoms with E-state index in [-0.39, 0.29) is 24.8 Å². The molecule has 1 aromatic rings. The minimum Gasteiger partial charge on any atom is -0.481 e. The third-order valence-electron chi connectivity index (χ3n) is 4.82. The first-order valence-electron chi connectivity index (χ1n) is 7.45. The number of fused-ring (bicyclic) bond motifs is 1. The van der Waals surface area contributed by atoms with Crippen molar-refractivity contribution in [3.05, 3.63) is 35.4 Å². The molecule has 3 rings (SSSR count). The molecule has 1 N–H and O–H groups in total. The summed E-state index contributed by atoms with van der Waals surface area (Å²) < 4.78 is 31.5. The molecule has 124 valence electrons. The molecular formula is C16H17F2NO4. The number of carbonyl (C=O) groups excluding carboxylic acids is 1. The summed E-state index contributed by atoms with van der Waals surface area (Å²) in [5, 5.41) is 9.57. The number of hydrogen-bond donors (Lipinski definition) is 1. The topological polar surface area (TPSA) is 66.8 Å². The Morgan fingerprint density at radius 3 is 2.78 bits per heavy atom. The van der Waals surface area contributed by atoms with Crippen molar-refractivity contribution in [2.24, 2.45) is 11.3 Å². The fraction of sp³-hybridized carbons (Fsp3) is 0.500. The number of halogens is 2. The van der Waals surface area contributed by atoms with Gasteiger partial charge in [0.2, 0.25) is 5.91 Å². The highest BCUT2D eigenvalue weighted by molar-refractivity contribution is 5.82. The first kappa shape index (κ1) is 15.9. The first-order valence-corrected chi connectivity index (χ1v) is 7.45. The lowest BCUT2D eigenvalue weighted by Gasteiger charge is -2.33. The van der Waals surface area contributed by atoms with Crippen LogP contribution in [0.2, 0.25) is 0 Å². The van der Waals surface area contributed by atoms with Crippen molar-refractivity contribution in [2.75, 3.05) is 26.3 Å². The van der Waals surface area contributed by atoms with E-state index in [9.17, 15) is 23.5 Å². The Kier molecular flexibility index (Phi) is 4.06. The van der Waals surface area contributed by atoms with Gasteiger partial charge < -0.3 is 14.7 Å². The molecule has 0 aromatic heterocycles. The number of aliphatic carboxylic acids is 1. The van der Waals surface area contributed by atoms with Gasteiger partial charge in [0.15, 0.2) is 11.6 Å². The van der Waals surface area contributed by atoms with Crippen LogP contribution in [0.3, 0.4) is 0 Å². The van der Waals surface area contributed by atoms with E-state index in [1.165, 1.54) is 11.0 Å². The van der Waals surface area contributed by atoms with Crippen molar-refractivity contribution < 1.29 is 28.2 Å². The number of carboxylic acid groups (broad SMARTS) is 1. The van der Waals surface area contributed by atoms with Crippen molar-refractivity contribution >= 4 is 11.9 Å². The average molecular weight is 325 g/mol. The van der Waals surface area contributed by atoms with Crippen LogP contribution in [0.1, 0.15) is 12.0 Å². The van der Waals surface area contributed by atoms with Gasteiger partial charge in [-0.3, -0.25) is 9.59 Å². The van der Waals surface area contributed by atoms with E-state index in [0.717, 1.165) is 12.1 Å². The van der Waals surface area contributed by atoms with Gasteiger partial charge in [-0.25, -0.2) is 8.78 Å². The maximum absolute atomic E-state index is 13.2. The highest BCUT2D eigenvalue weighted by Gasteiger charge is 2.54. The molecule has 2 saturated heterocycles. The molecule has 2 aliphatic heterocycles. The Bertz CT molecular complexity index is 651. The molecule has 2 atom stereocenters. The largest absolute Gasteiger partial charge is 0.481 e. The number of carbonyl (C=O) groups is 2. The lowest BCUT2D eigenvalue weighted by Crippen LogP contribution is -2.45. The van der Waals surface area contributed by atoms with Gasteiger partial charge in [-0.05, 0) is 24.1 Å². The van der Waals surface area contributed by atoms with Crippen LogP contribution < -0.4 is 0 Å². The van der Waals surface area contributed by atoms with Crippen molar-refractivity contribution in [1.29, 1.82) is 0 Å². The number of carboxylic acids is 1. The fourth-order valence-electron chi connectivity index (χ4n) is 3.43. The molecule has 23 heavy (non-hydrogen) atoms. The third-order valence-corrected chi connectivity index (χ3v) is 4.82. The molecule has 0 unspecified atom stereocenters. The molecule has 0 aliphatic carbocycles. The molecule has 7 heteroatoms. The molecule has 0 saturated carbocycles. The highest BCUT2D eigenvalue weighted by Crippen LogP contribution is 2.42. The number of nitrogens with zero attached hydrogens (tertiary/aromatic N) is 1. The van der Waals surface area contributed by atoms with E-state index in [1.54, 1.807) is 0 Å². The van der Waals surface area contributed by atoms with Crippen molar-refractivity contribution in [3.63, 3.8) is 0 Å². The number of rotatable bonds is 3. The Balaban J connectivity index is 1.73. The lowest BCUT2D eigenvalue weighted by molar-refractivity contribution is -0.157. The molecule has 0 spiro atoms. The van der Waals surface area contributed by atoms with Crippen LogP contribution in [0, 0.1) is 23.0 Å². The van der Waals surface area contributed by atoms with Gasteiger partial charge in [0.25, 0.3) is 0 Å². The van der Waals surface area contributed by atoms with Gasteiger partial charge in [-0.2, -0.15) is 0 Å². The molecule has 2 fully saturated rings. The van der Waals surface area contributed by atoms with Gasteiger partial charge in [0, 0.05) is 25.6 Å². The monoisotopic (exact) mass is 325 g/mol. The summed E-state index contributed by atoms with van der Waals surface area (Å²) in [5.41, 5.74) is -0.591. The summed E-state index contributed by atoms with van der Waals surface area (Å²) in [6, 6.07) is 3.33. The summed E-state index contributed by atoms with van der Waals surface area (Å²) in [7, 11) is 0. The number of benzene rings is 1. The van der Waals surface area contributed by atoms with Crippen LogP contribution in [-0.4, -0.2) is 48.2 Å². The van der Waals surface area contributed by atoms with E-state index in [0.29, 0.717) is 31.7 Å².